The maximum Gasteiger partial charge on any atom is 0.324 e. The van der Waals surface area contributed by atoms with Crippen molar-refractivity contribution in [3.8, 4) is 0 Å². The Morgan fingerprint density at radius 1 is 1.40 bits per heavy atom. The van der Waals surface area contributed by atoms with Gasteiger partial charge in [0.2, 0.25) is 10.0 Å². The number of nitro groups is 1. The van der Waals surface area contributed by atoms with Crippen molar-refractivity contribution in [2.24, 2.45) is 7.05 Å². The predicted molar refractivity (Wildman–Crippen MR) is 86.1 cm³/mol. The fourth-order valence-electron chi connectivity index (χ4n) is 2.11. The van der Waals surface area contributed by atoms with Crippen LogP contribution in [0.25, 0.3) is 0 Å². The van der Waals surface area contributed by atoms with Gasteiger partial charge in [0.05, 0.1) is 23.3 Å². The third kappa shape index (κ3) is 4.39. The lowest BCUT2D eigenvalue weighted by Gasteiger charge is -2.16. The number of carbonyl (C=O) groups is 1. The molecule has 10 nitrogen and oxygen atoms in total. The number of esters is 1. The van der Waals surface area contributed by atoms with Crippen LogP contribution in [0.15, 0.2) is 41.7 Å². The summed E-state index contributed by atoms with van der Waals surface area (Å²) >= 11 is 0. The second-order valence-corrected chi connectivity index (χ2v) is 6.86. The number of methoxy groups -OCH3 is 1. The number of sulfonamides is 1. The van der Waals surface area contributed by atoms with Crippen LogP contribution < -0.4 is 4.72 Å². The van der Waals surface area contributed by atoms with Gasteiger partial charge < -0.3 is 9.30 Å². The quantitative estimate of drug-likeness (QED) is 0.424. The van der Waals surface area contributed by atoms with Crippen molar-refractivity contribution in [1.82, 2.24) is 14.3 Å². The monoisotopic (exact) mass is 368 g/mol. The molecule has 0 aliphatic carbocycles. The third-order valence-electron chi connectivity index (χ3n) is 3.47. The van der Waals surface area contributed by atoms with E-state index in [2.05, 4.69) is 14.4 Å². The molecule has 1 aromatic carbocycles. The molecule has 0 amide bonds. The molecular weight excluding hydrogens is 352 g/mol. The van der Waals surface area contributed by atoms with Gasteiger partial charge in [0.15, 0.2) is 0 Å². The number of benzene rings is 1. The molecule has 1 atom stereocenters. The highest BCUT2D eigenvalue weighted by molar-refractivity contribution is 7.89. The Balaban J connectivity index is 2.25. The number of rotatable bonds is 7. The number of carbonyl (C=O) groups excluding carboxylic acids is 1. The Morgan fingerprint density at radius 2 is 2.04 bits per heavy atom. The van der Waals surface area contributed by atoms with E-state index in [0.29, 0.717) is 5.69 Å². The van der Waals surface area contributed by atoms with E-state index in [4.69, 9.17) is 0 Å². The molecule has 0 saturated heterocycles. The van der Waals surface area contributed by atoms with E-state index < -0.39 is 27.0 Å². The van der Waals surface area contributed by atoms with E-state index in [1.54, 1.807) is 11.6 Å². The summed E-state index contributed by atoms with van der Waals surface area (Å²) in [5.41, 5.74) is 0.389. The molecule has 25 heavy (non-hydrogen) atoms. The summed E-state index contributed by atoms with van der Waals surface area (Å²) in [5, 5.41) is 10.6. The molecular formula is C14H16N4O6S. The molecule has 2 rings (SSSR count). The summed E-state index contributed by atoms with van der Waals surface area (Å²) < 4.78 is 33.5. The molecule has 11 heteroatoms. The molecule has 0 bridgehead atoms. The van der Waals surface area contributed by atoms with E-state index in [0.717, 1.165) is 31.4 Å². The number of aryl methyl sites for hydroxylation is 1. The van der Waals surface area contributed by atoms with Crippen LogP contribution in [0.3, 0.4) is 0 Å². The number of ether oxygens (including phenoxy) is 1. The summed E-state index contributed by atoms with van der Waals surface area (Å²) in [4.78, 5) is 25.7. The van der Waals surface area contributed by atoms with E-state index in [-0.39, 0.29) is 17.0 Å². The molecule has 0 unspecified atom stereocenters. The van der Waals surface area contributed by atoms with Crippen molar-refractivity contribution in [3.05, 3.63) is 52.6 Å². The zero-order chi connectivity index (χ0) is 18.6. The highest BCUT2D eigenvalue weighted by Gasteiger charge is 2.28. The first-order valence-electron chi connectivity index (χ1n) is 7.04. The highest BCUT2D eigenvalue weighted by Crippen LogP contribution is 2.16. The Bertz CT molecular complexity index is 875. The SMILES string of the molecule is COC(=O)[C@H](Cc1cncn1C)NS(=O)(=O)c1ccc([N+](=O)[O-])cc1. The number of nitrogens with one attached hydrogen (secondary N) is 1. The molecule has 0 fully saturated rings. The summed E-state index contributed by atoms with van der Waals surface area (Å²) in [6, 6.07) is 3.17. The van der Waals surface area contributed by atoms with Gasteiger partial charge in [-0.05, 0) is 12.1 Å². The lowest BCUT2D eigenvalue weighted by atomic mass is 10.2. The van der Waals surface area contributed by atoms with Crippen molar-refractivity contribution >= 4 is 21.7 Å². The van der Waals surface area contributed by atoms with Crippen LogP contribution in [0.4, 0.5) is 5.69 Å². The van der Waals surface area contributed by atoms with E-state index in [1.807, 2.05) is 0 Å². The summed E-state index contributed by atoms with van der Waals surface area (Å²) in [7, 11) is -1.21. The zero-order valence-corrected chi connectivity index (χ0v) is 14.3. The van der Waals surface area contributed by atoms with Gasteiger partial charge in [-0.1, -0.05) is 0 Å². The van der Waals surface area contributed by atoms with Crippen molar-refractivity contribution in [1.29, 1.82) is 0 Å². The molecule has 1 heterocycles. The van der Waals surface area contributed by atoms with Crippen molar-refractivity contribution in [2.45, 2.75) is 17.4 Å². The molecule has 0 radical (unpaired) electrons. The second-order valence-electron chi connectivity index (χ2n) is 5.15. The minimum atomic E-state index is -4.08. The summed E-state index contributed by atoms with van der Waals surface area (Å²) in [6.07, 6.45) is 3.07. The van der Waals surface area contributed by atoms with E-state index in [1.165, 1.54) is 12.5 Å². The zero-order valence-electron chi connectivity index (χ0n) is 13.4. The average Bonchev–Trinajstić information content (AvgIpc) is 2.98. The fraction of sp³-hybridized carbons (Fsp3) is 0.286. The van der Waals surface area contributed by atoms with Crippen LogP contribution in [0.5, 0.6) is 0 Å². The van der Waals surface area contributed by atoms with Crippen molar-refractivity contribution < 1.29 is 22.9 Å². The predicted octanol–water partition coefficient (Wildman–Crippen LogP) is 0.391. The largest absolute Gasteiger partial charge is 0.468 e. The summed E-state index contributed by atoms with van der Waals surface area (Å²) in [5.74, 6) is -0.758. The van der Waals surface area contributed by atoms with Gasteiger partial charge in [-0.25, -0.2) is 13.4 Å². The number of non-ortho nitro benzene ring substituents is 1. The van der Waals surface area contributed by atoms with Gasteiger partial charge in [-0.3, -0.25) is 14.9 Å². The third-order valence-corrected chi connectivity index (χ3v) is 4.96. The number of hydrogen-bond acceptors (Lipinski definition) is 7. The smallest absolute Gasteiger partial charge is 0.324 e. The molecule has 134 valence electrons. The van der Waals surface area contributed by atoms with Gasteiger partial charge in [0, 0.05) is 37.5 Å². The Kier molecular flexibility index (Phi) is 5.49. The van der Waals surface area contributed by atoms with E-state index in [9.17, 15) is 23.3 Å². The average molecular weight is 368 g/mol. The van der Waals surface area contributed by atoms with Crippen LogP contribution in [0.1, 0.15) is 5.69 Å². The number of nitrogens with zero attached hydrogens (tertiary/aromatic N) is 3. The van der Waals surface area contributed by atoms with Crippen LogP contribution >= 0.6 is 0 Å². The van der Waals surface area contributed by atoms with Gasteiger partial charge >= 0.3 is 5.97 Å². The Hall–Kier alpha value is -2.79. The lowest BCUT2D eigenvalue weighted by Crippen LogP contribution is -2.43. The number of imidazole rings is 1. The molecule has 1 N–H and O–H groups in total. The van der Waals surface area contributed by atoms with Crippen molar-refractivity contribution in [2.75, 3.05) is 7.11 Å². The minimum Gasteiger partial charge on any atom is -0.468 e. The first kappa shape index (κ1) is 18.5. The molecule has 0 aliphatic rings. The fourth-order valence-corrected chi connectivity index (χ4v) is 3.29. The van der Waals surface area contributed by atoms with Crippen LogP contribution in [0, 0.1) is 10.1 Å². The molecule has 1 aromatic heterocycles. The molecule has 2 aromatic rings. The Labute approximate surface area is 143 Å². The van der Waals surface area contributed by atoms with Crippen molar-refractivity contribution in [3.63, 3.8) is 0 Å². The van der Waals surface area contributed by atoms with Gasteiger partial charge in [-0.2, -0.15) is 4.72 Å². The first-order valence-corrected chi connectivity index (χ1v) is 8.52. The molecule has 0 saturated carbocycles. The van der Waals surface area contributed by atoms with Crippen LogP contribution in [-0.4, -0.2) is 42.0 Å². The van der Waals surface area contributed by atoms with Crippen LogP contribution in [-0.2, 0) is 33.0 Å². The second kappa shape index (κ2) is 7.40. The first-order chi connectivity index (χ1) is 11.7. The highest BCUT2D eigenvalue weighted by atomic mass is 32.2. The van der Waals surface area contributed by atoms with Gasteiger partial charge in [0.25, 0.3) is 5.69 Å². The normalized spacial score (nSPS) is 12.6. The van der Waals surface area contributed by atoms with E-state index >= 15 is 0 Å². The summed E-state index contributed by atoms with van der Waals surface area (Å²) in [6.45, 7) is 0. The molecule has 0 aliphatic heterocycles. The van der Waals surface area contributed by atoms with Crippen LogP contribution in [0.2, 0.25) is 0 Å². The number of aromatic nitrogens is 2. The maximum atomic E-state index is 12.4. The number of nitro benzene ring substituents is 1. The Morgan fingerprint density at radius 3 is 2.52 bits per heavy atom. The lowest BCUT2D eigenvalue weighted by molar-refractivity contribution is -0.384. The number of hydrogen-bond donors (Lipinski definition) is 1. The van der Waals surface area contributed by atoms with Gasteiger partial charge in [0.1, 0.15) is 6.04 Å². The minimum absolute atomic E-state index is 0.0371. The topological polar surface area (TPSA) is 133 Å². The maximum absolute atomic E-state index is 12.4. The molecule has 0 spiro atoms. The standard InChI is InChI=1S/C14H16N4O6S/c1-17-9-15-8-11(17)7-13(14(19)24-2)16-25(22,23)12-5-3-10(4-6-12)18(20)21/h3-6,8-9,13,16H,7H2,1-2H3/t13-/m0/s1. The van der Waals surface area contributed by atoms with Gasteiger partial charge in [-0.15, -0.1) is 0 Å².